The summed E-state index contributed by atoms with van der Waals surface area (Å²) >= 11 is 6.46. The van der Waals surface area contributed by atoms with Gasteiger partial charge in [0.25, 0.3) is 5.91 Å². The molecule has 0 saturated carbocycles. The predicted molar refractivity (Wildman–Crippen MR) is 102 cm³/mol. The van der Waals surface area contributed by atoms with Crippen LogP contribution in [0, 0.1) is 11.3 Å². The fraction of sp³-hybridized carbons (Fsp3) is 0.526. The number of hydrazone groups is 1. The maximum absolute atomic E-state index is 11.3. The number of amides is 1. The molecule has 1 aromatic rings. The predicted octanol–water partition coefficient (Wildman–Crippen LogP) is 4.21. The molecule has 1 heterocycles. The highest BCUT2D eigenvalue weighted by atomic mass is 35.5. The van der Waals surface area contributed by atoms with Crippen molar-refractivity contribution in [1.82, 2.24) is 5.43 Å². The smallest absolute Gasteiger partial charge is 0.254 e. The molecule has 1 aromatic carbocycles. The molecule has 134 valence electrons. The Morgan fingerprint density at radius 1 is 1.56 bits per heavy atom. The van der Waals surface area contributed by atoms with Crippen LogP contribution in [-0.2, 0) is 4.79 Å². The van der Waals surface area contributed by atoms with E-state index in [-0.39, 0.29) is 12.0 Å². The SMILES string of the molecule is CCCN1c2cc(Cl)c(/C=N\NC(=O)CC#N)cc2C(C)CC1(C)C. The summed E-state index contributed by atoms with van der Waals surface area (Å²) in [5.41, 5.74) is 5.62. The number of carbonyl (C=O) groups excluding carboxylic acids is 1. The molecule has 1 aliphatic heterocycles. The molecule has 5 nitrogen and oxygen atoms in total. The Hall–Kier alpha value is -2.06. The second kappa shape index (κ2) is 7.88. The van der Waals surface area contributed by atoms with Gasteiger partial charge in [-0.3, -0.25) is 4.79 Å². The van der Waals surface area contributed by atoms with Crippen LogP contribution in [-0.4, -0.2) is 24.2 Å². The second-order valence-corrected chi connectivity index (χ2v) is 7.54. The molecule has 1 atom stereocenters. The van der Waals surface area contributed by atoms with E-state index in [1.54, 1.807) is 6.07 Å². The van der Waals surface area contributed by atoms with Gasteiger partial charge in [0.1, 0.15) is 6.42 Å². The average Bonchev–Trinajstić information content (AvgIpc) is 2.52. The number of hydrogen-bond acceptors (Lipinski definition) is 4. The first-order valence-corrected chi connectivity index (χ1v) is 8.98. The van der Waals surface area contributed by atoms with Gasteiger partial charge in [-0.2, -0.15) is 10.4 Å². The third-order valence-corrected chi connectivity index (χ3v) is 4.91. The standard InChI is InChI=1S/C19H25ClN4O/c1-5-8-24-17-10-16(20)14(12-22-23-18(25)6-7-21)9-15(17)13(2)11-19(24,3)4/h9-10,12-13H,5-6,8,11H2,1-4H3,(H,23,25)/b22-12-. The van der Waals surface area contributed by atoms with Crippen LogP contribution in [0.1, 0.15) is 64.0 Å². The van der Waals surface area contributed by atoms with Crippen molar-refractivity contribution in [2.24, 2.45) is 5.10 Å². The van der Waals surface area contributed by atoms with Crippen LogP contribution in [0.4, 0.5) is 5.69 Å². The molecular weight excluding hydrogens is 336 g/mol. The minimum absolute atomic E-state index is 0.0899. The number of fused-ring (bicyclic) bond motifs is 1. The maximum atomic E-state index is 11.3. The first-order valence-electron chi connectivity index (χ1n) is 8.60. The van der Waals surface area contributed by atoms with Gasteiger partial charge < -0.3 is 4.90 Å². The summed E-state index contributed by atoms with van der Waals surface area (Å²) in [6.07, 6.45) is 3.46. The van der Waals surface area contributed by atoms with E-state index < -0.39 is 5.91 Å². The van der Waals surface area contributed by atoms with Crippen LogP contribution in [0.25, 0.3) is 0 Å². The van der Waals surface area contributed by atoms with Crippen molar-refractivity contribution in [2.45, 2.75) is 58.4 Å². The molecule has 6 heteroatoms. The van der Waals surface area contributed by atoms with Crippen molar-refractivity contribution in [3.63, 3.8) is 0 Å². The highest BCUT2D eigenvalue weighted by molar-refractivity contribution is 6.33. The van der Waals surface area contributed by atoms with Crippen molar-refractivity contribution >= 4 is 29.4 Å². The van der Waals surface area contributed by atoms with Crippen molar-refractivity contribution in [2.75, 3.05) is 11.4 Å². The van der Waals surface area contributed by atoms with Gasteiger partial charge in [-0.1, -0.05) is 25.4 Å². The molecule has 25 heavy (non-hydrogen) atoms. The molecule has 0 spiro atoms. The molecule has 1 aliphatic rings. The van der Waals surface area contributed by atoms with Crippen molar-refractivity contribution in [3.05, 3.63) is 28.3 Å². The van der Waals surface area contributed by atoms with Crippen LogP contribution in [0.15, 0.2) is 17.2 Å². The Kier molecular flexibility index (Phi) is 6.07. The topological polar surface area (TPSA) is 68.5 Å². The Morgan fingerprint density at radius 3 is 2.92 bits per heavy atom. The second-order valence-electron chi connectivity index (χ2n) is 7.13. The van der Waals surface area contributed by atoms with Gasteiger partial charge in [-0.15, -0.1) is 0 Å². The summed E-state index contributed by atoms with van der Waals surface area (Å²) < 4.78 is 0. The molecular formula is C19H25ClN4O. The third kappa shape index (κ3) is 4.32. The molecule has 0 saturated heterocycles. The Morgan fingerprint density at radius 2 is 2.28 bits per heavy atom. The quantitative estimate of drug-likeness (QED) is 0.631. The minimum Gasteiger partial charge on any atom is -0.366 e. The maximum Gasteiger partial charge on any atom is 0.254 e. The van der Waals surface area contributed by atoms with Crippen LogP contribution in [0.2, 0.25) is 5.02 Å². The van der Waals surface area contributed by atoms with E-state index in [0.717, 1.165) is 24.9 Å². The summed E-state index contributed by atoms with van der Waals surface area (Å²) in [5, 5.41) is 13.0. The van der Waals surface area contributed by atoms with Crippen LogP contribution >= 0.6 is 11.6 Å². The monoisotopic (exact) mass is 360 g/mol. The van der Waals surface area contributed by atoms with E-state index in [0.29, 0.717) is 10.9 Å². The van der Waals surface area contributed by atoms with Crippen molar-refractivity contribution in [1.29, 1.82) is 5.26 Å². The number of carbonyl (C=O) groups is 1. The molecule has 1 N–H and O–H groups in total. The van der Waals surface area contributed by atoms with Gasteiger partial charge in [-0.05, 0) is 50.3 Å². The van der Waals surface area contributed by atoms with E-state index in [4.69, 9.17) is 16.9 Å². The minimum atomic E-state index is -0.433. The molecule has 0 aliphatic carbocycles. The van der Waals surface area contributed by atoms with Gasteiger partial charge in [0.15, 0.2) is 0 Å². The van der Waals surface area contributed by atoms with E-state index in [1.807, 2.05) is 6.07 Å². The van der Waals surface area contributed by atoms with Gasteiger partial charge in [0.05, 0.1) is 17.3 Å². The van der Waals surface area contributed by atoms with Gasteiger partial charge in [0, 0.05) is 23.3 Å². The lowest BCUT2D eigenvalue weighted by Gasteiger charge is -2.47. The van der Waals surface area contributed by atoms with Gasteiger partial charge >= 0.3 is 0 Å². The van der Waals surface area contributed by atoms with Crippen LogP contribution in [0.5, 0.6) is 0 Å². The Labute approximate surface area is 154 Å². The lowest BCUT2D eigenvalue weighted by Crippen LogP contribution is -2.48. The summed E-state index contributed by atoms with van der Waals surface area (Å²) in [6.45, 7) is 9.95. The van der Waals surface area contributed by atoms with E-state index in [9.17, 15) is 4.79 Å². The number of nitrogens with zero attached hydrogens (tertiary/aromatic N) is 3. The first-order chi connectivity index (χ1) is 11.8. The molecule has 0 radical (unpaired) electrons. The molecule has 1 unspecified atom stereocenters. The summed E-state index contributed by atoms with van der Waals surface area (Å²) in [6, 6.07) is 5.84. The lowest BCUT2D eigenvalue weighted by molar-refractivity contribution is -0.120. The highest BCUT2D eigenvalue weighted by Crippen LogP contribution is 2.44. The third-order valence-electron chi connectivity index (χ3n) is 4.58. The number of nitrogens with one attached hydrogen (secondary N) is 1. The van der Waals surface area contributed by atoms with Crippen molar-refractivity contribution in [3.8, 4) is 6.07 Å². The summed E-state index contributed by atoms with van der Waals surface area (Å²) in [7, 11) is 0. The molecule has 2 rings (SSSR count). The zero-order chi connectivity index (χ0) is 18.6. The number of rotatable bonds is 5. The molecule has 1 amide bonds. The first kappa shape index (κ1) is 19.3. The van der Waals surface area contributed by atoms with E-state index in [1.165, 1.54) is 17.5 Å². The molecule has 0 bridgehead atoms. The number of halogens is 1. The Balaban J connectivity index is 2.34. The number of nitriles is 1. The zero-order valence-electron chi connectivity index (χ0n) is 15.3. The largest absolute Gasteiger partial charge is 0.366 e. The summed E-state index contributed by atoms with van der Waals surface area (Å²) in [5.74, 6) is -0.0206. The fourth-order valence-corrected chi connectivity index (χ4v) is 3.76. The number of anilines is 1. The van der Waals surface area contributed by atoms with Crippen LogP contribution in [0.3, 0.4) is 0 Å². The number of hydrogen-bond donors (Lipinski definition) is 1. The van der Waals surface area contributed by atoms with Gasteiger partial charge in [0.2, 0.25) is 0 Å². The van der Waals surface area contributed by atoms with E-state index in [2.05, 4.69) is 49.2 Å². The zero-order valence-corrected chi connectivity index (χ0v) is 16.0. The fourth-order valence-electron chi connectivity index (χ4n) is 3.55. The summed E-state index contributed by atoms with van der Waals surface area (Å²) in [4.78, 5) is 13.7. The lowest BCUT2D eigenvalue weighted by atomic mass is 9.79. The molecule has 0 aromatic heterocycles. The van der Waals surface area contributed by atoms with E-state index >= 15 is 0 Å². The highest BCUT2D eigenvalue weighted by Gasteiger charge is 2.36. The molecule has 0 fully saturated rings. The average molecular weight is 361 g/mol. The number of benzene rings is 1. The Bertz CT molecular complexity index is 721. The van der Waals surface area contributed by atoms with Crippen molar-refractivity contribution < 1.29 is 4.79 Å². The van der Waals surface area contributed by atoms with Gasteiger partial charge in [-0.25, -0.2) is 5.43 Å². The van der Waals surface area contributed by atoms with Crippen LogP contribution < -0.4 is 10.3 Å². The normalized spacial score (nSPS) is 18.7.